The predicted molar refractivity (Wildman–Crippen MR) is 131 cm³/mol. The van der Waals surface area contributed by atoms with E-state index in [2.05, 4.69) is 0 Å². The number of fused-ring (bicyclic) bond motifs is 3. The van der Waals surface area contributed by atoms with E-state index in [1.54, 1.807) is 37.4 Å². The molecule has 1 aliphatic rings. The van der Waals surface area contributed by atoms with Gasteiger partial charge in [-0.3, -0.25) is 0 Å². The molecule has 1 unspecified atom stereocenters. The van der Waals surface area contributed by atoms with E-state index in [-0.39, 0.29) is 11.5 Å². The van der Waals surface area contributed by atoms with Crippen LogP contribution in [0.5, 0.6) is 17.2 Å². The minimum Gasteiger partial charge on any atom is -0.494 e. The number of rotatable bonds is 11. The molecule has 0 bridgehead atoms. The number of ether oxygens (including phenoxy) is 4. The summed E-state index contributed by atoms with van der Waals surface area (Å²) in [4.78, 5) is 0. The molecular formula is C26H27F2NO6S. The van der Waals surface area contributed by atoms with Crippen LogP contribution in [0.1, 0.15) is 35.6 Å². The highest BCUT2D eigenvalue weighted by atomic mass is 32.2. The Kier molecular flexibility index (Phi) is 8.07. The number of benzene rings is 3. The zero-order valence-corrected chi connectivity index (χ0v) is 20.5. The fourth-order valence-electron chi connectivity index (χ4n) is 4.19. The Morgan fingerprint density at radius 3 is 2.56 bits per heavy atom. The summed E-state index contributed by atoms with van der Waals surface area (Å²) in [6.07, 6.45) is 1.06. The molecule has 2 N–H and O–H groups in total. The maximum Gasteiger partial charge on any atom is 0.387 e. The molecule has 3 aromatic carbocycles. The molecule has 0 amide bonds. The topological polar surface area (TPSA) is 97.1 Å². The van der Waals surface area contributed by atoms with Crippen LogP contribution in [0.3, 0.4) is 0 Å². The van der Waals surface area contributed by atoms with Crippen molar-refractivity contribution in [2.75, 3.05) is 20.3 Å². The van der Waals surface area contributed by atoms with E-state index < -0.39 is 22.7 Å². The zero-order chi connectivity index (χ0) is 25.7. The molecule has 1 aliphatic heterocycles. The van der Waals surface area contributed by atoms with Gasteiger partial charge in [0.2, 0.25) is 10.0 Å². The van der Waals surface area contributed by atoms with Crippen LogP contribution in [0.25, 0.3) is 11.1 Å². The third-order valence-electron chi connectivity index (χ3n) is 5.66. The number of sulfonamides is 1. The summed E-state index contributed by atoms with van der Waals surface area (Å²) in [5.74, 6) is 0.612. The summed E-state index contributed by atoms with van der Waals surface area (Å²) in [6.45, 7) is -1.84. The molecule has 0 aromatic heterocycles. The largest absolute Gasteiger partial charge is 0.494 e. The van der Waals surface area contributed by atoms with Crippen molar-refractivity contribution in [2.24, 2.45) is 5.14 Å². The molecule has 192 valence electrons. The fourth-order valence-corrected chi connectivity index (χ4v) is 4.84. The third-order valence-corrected chi connectivity index (χ3v) is 6.39. The number of nitrogens with two attached hydrogens (primary N) is 1. The van der Waals surface area contributed by atoms with Gasteiger partial charge in [-0.15, -0.1) is 0 Å². The van der Waals surface area contributed by atoms with Crippen LogP contribution in [-0.2, 0) is 20.5 Å². The molecule has 10 heteroatoms. The van der Waals surface area contributed by atoms with Gasteiger partial charge in [-0.2, -0.15) is 8.78 Å². The Hall–Kier alpha value is -3.21. The van der Waals surface area contributed by atoms with Crippen LogP contribution in [0, 0.1) is 0 Å². The van der Waals surface area contributed by atoms with Gasteiger partial charge in [0.1, 0.15) is 23.4 Å². The number of alkyl halides is 2. The standard InChI is InChI=1S/C26H27F2NO6S/c1-32-12-2-3-13-33-19-7-4-6-18(15-19)25-21-14-17(16-36(29,30)31)10-11-20(21)24-22(34-25)8-5-9-23(24)35-26(27)28/h4-11,14-15,25-26H,2-3,12-13,16H2,1H3,(H2,29,30,31). The molecule has 0 aliphatic carbocycles. The van der Waals surface area contributed by atoms with Crippen molar-refractivity contribution < 1.29 is 36.1 Å². The molecule has 0 saturated heterocycles. The summed E-state index contributed by atoms with van der Waals surface area (Å²) in [5, 5.41) is 5.25. The van der Waals surface area contributed by atoms with Crippen LogP contribution in [0.4, 0.5) is 8.78 Å². The summed E-state index contributed by atoms with van der Waals surface area (Å²) in [5.41, 5.74) is 2.78. The number of halogens is 2. The Bertz CT molecular complexity index is 1320. The minimum atomic E-state index is -3.79. The van der Waals surface area contributed by atoms with Gasteiger partial charge in [-0.1, -0.05) is 36.4 Å². The Labute approximate surface area is 208 Å². The van der Waals surface area contributed by atoms with Crippen molar-refractivity contribution in [1.82, 2.24) is 0 Å². The molecule has 7 nitrogen and oxygen atoms in total. The quantitative estimate of drug-likeness (QED) is 0.357. The highest BCUT2D eigenvalue weighted by molar-refractivity contribution is 7.88. The molecule has 0 radical (unpaired) electrons. The zero-order valence-electron chi connectivity index (χ0n) is 19.7. The number of hydrogen-bond acceptors (Lipinski definition) is 6. The van der Waals surface area contributed by atoms with Gasteiger partial charge in [0.05, 0.1) is 17.9 Å². The summed E-state index contributed by atoms with van der Waals surface area (Å²) in [7, 11) is -2.13. The van der Waals surface area contributed by atoms with Gasteiger partial charge in [-0.25, -0.2) is 13.6 Å². The average molecular weight is 520 g/mol. The number of methoxy groups -OCH3 is 1. The van der Waals surface area contributed by atoms with Gasteiger partial charge < -0.3 is 18.9 Å². The number of hydrogen-bond donors (Lipinski definition) is 1. The minimum absolute atomic E-state index is 0.0328. The Morgan fingerprint density at radius 2 is 1.81 bits per heavy atom. The average Bonchev–Trinajstić information content (AvgIpc) is 2.82. The maximum atomic E-state index is 13.1. The van der Waals surface area contributed by atoms with Crippen LogP contribution in [-0.4, -0.2) is 35.4 Å². The number of primary sulfonamides is 1. The van der Waals surface area contributed by atoms with Gasteiger partial charge in [0.25, 0.3) is 0 Å². The van der Waals surface area contributed by atoms with Crippen molar-refractivity contribution in [3.63, 3.8) is 0 Å². The van der Waals surface area contributed by atoms with E-state index in [1.165, 1.54) is 6.07 Å². The lowest BCUT2D eigenvalue weighted by molar-refractivity contribution is -0.0496. The molecule has 0 saturated carbocycles. The Balaban J connectivity index is 1.73. The second-order valence-corrected chi connectivity index (χ2v) is 9.97. The highest BCUT2D eigenvalue weighted by Crippen LogP contribution is 2.49. The third kappa shape index (κ3) is 6.31. The first kappa shape index (κ1) is 25.9. The summed E-state index contributed by atoms with van der Waals surface area (Å²) >= 11 is 0. The molecular weight excluding hydrogens is 492 g/mol. The lowest BCUT2D eigenvalue weighted by atomic mass is 9.88. The predicted octanol–water partition coefficient (Wildman–Crippen LogP) is 5.03. The second-order valence-electron chi connectivity index (χ2n) is 8.36. The van der Waals surface area contributed by atoms with Crippen molar-refractivity contribution >= 4 is 10.0 Å². The monoisotopic (exact) mass is 519 g/mol. The summed E-state index contributed by atoms with van der Waals surface area (Å²) in [6, 6.07) is 17.0. The molecule has 0 spiro atoms. The Morgan fingerprint density at radius 1 is 1.03 bits per heavy atom. The van der Waals surface area contributed by atoms with Crippen molar-refractivity contribution in [1.29, 1.82) is 0 Å². The van der Waals surface area contributed by atoms with Crippen LogP contribution >= 0.6 is 0 Å². The van der Waals surface area contributed by atoms with Gasteiger partial charge >= 0.3 is 6.61 Å². The number of unbranched alkanes of at least 4 members (excludes halogenated alkanes) is 1. The van der Waals surface area contributed by atoms with E-state index >= 15 is 0 Å². The maximum absolute atomic E-state index is 13.1. The molecule has 1 heterocycles. The van der Waals surface area contributed by atoms with E-state index in [9.17, 15) is 17.2 Å². The molecule has 1 atom stereocenters. The lowest BCUT2D eigenvalue weighted by Gasteiger charge is -2.31. The van der Waals surface area contributed by atoms with Crippen molar-refractivity contribution in [3.8, 4) is 28.4 Å². The van der Waals surface area contributed by atoms with Crippen LogP contribution in [0.15, 0.2) is 60.7 Å². The molecule has 36 heavy (non-hydrogen) atoms. The van der Waals surface area contributed by atoms with Gasteiger partial charge in [0.15, 0.2) is 0 Å². The van der Waals surface area contributed by atoms with Crippen molar-refractivity contribution in [3.05, 3.63) is 77.4 Å². The van der Waals surface area contributed by atoms with Gasteiger partial charge in [-0.05, 0) is 48.2 Å². The van der Waals surface area contributed by atoms with Crippen molar-refractivity contribution in [2.45, 2.75) is 31.3 Å². The smallest absolute Gasteiger partial charge is 0.387 e. The second kappa shape index (κ2) is 11.2. The van der Waals surface area contributed by atoms with Crippen LogP contribution in [0.2, 0.25) is 0 Å². The van der Waals surface area contributed by atoms with Gasteiger partial charge in [0, 0.05) is 24.8 Å². The van der Waals surface area contributed by atoms with Crippen LogP contribution < -0.4 is 19.3 Å². The SMILES string of the molecule is COCCCCOc1cccc(C2Oc3cccc(OC(F)F)c3-c3ccc(CS(N)(=O)=O)cc32)c1. The van der Waals surface area contributed by atoms with E-state index in [1.807, 2.05) is 24.3 Å². The normalized spacial score (nSPS) is 14.6. The molecule has 0 fully saturated rings. The summed E-state index contributed by atoms with van der Waals surface area (Å²) < 4.78 is 71.6. The highest BCUT2D eigenvalue weighted by Gasteiger charge is 2.31. The first-order valence-electron chi connectivity index (χ1n) is 11.3. The molecule has 4 rings (SSSR count). The lowest BCUT2D eigenvalue weighted by Crippen LogP contribution is -2.18. The first-order valence-corrected chi connectivity index (χ1v) is 13.1. The fraction of sp³-hybridized carbons (Fsp3) is 0.308. The van der Waals surface area contributed by atoms with E-state index in [0.717, 1.165) is 18.4 Å². The van der Waals surface area contributed by atoms with E-state index in [4.69, 9.17) is 24.1 Å². The van der Waals surface area contributed by atoms with E-state index in [0.29, 0.717) is 47.0 Å². The molecule has 3 aromatic rings. The first-order chi connectivity index (χ1) is 17.2.